The monoisotopic (exact) mass is 239 g/mol. The lowest BCUT2D eigenvalue weighted by atomic mass is 9.90. The molecule has 0 saturated heterocycles. The zero-order valence-corrected chi connectivity index (χ0v) is 11.6. The lowest BCUT2D eigenvalue weighted by Crippen LogP contribution is -2.48. The maximum atomic E-state index is 6.48. The van der Waals surface area contributed by atoms with Crippen LogP contribution in [0.25, 0.3) is 0 Å². The van der Waals surface area contributed by atoms with E-state index in [1.807, 2.05) is 0 Å². The van der Waals surface area contributed by atoms with Crippen molar-refractivity contribution in [3.05, 3.63) is 0 Å². The van der Waals surface area contributed by atoms with Crippen LogP contribution in [-0.4, -0.2) is 24.3 Å². The number of nitrogens with one attached hydrogen (secondary N) is 1. The summed E-state index contributed by atoms with van der Waals surface area (Å²) in [5, 5.41) is 3.61. The number of ether oxygens (including phenoxy) is 1. The summed E-state index contributed by atoms with van der Waals surface area (Å²) in [6.07, 6.45) is 12.6. The number of hydrogen-bond acceptors (Lipinski definition) is 2. The third kappa shape index (κ3) is 3.96. The van der Waals surface area contributed by atoms with Gasteiger partial charge in [-0.15, -0.1) is 0 Å². The van der Waals surface area contributed by atoms with Crippen molar-refractivity contribution in [3.63, 3.8) is 0 Å². The Morgan fingerprint density at radius 1 is 1.06 bits per heavy atom. The standard InChI is InChI=1S/C15H29NO/c1-13(2)16-12-15(17-14-8-7-9-14)10-5-3-4-6-11-15/h13-14,16H,3-12H2,1-2H3. The Hall–Kier alpha value is -0.0800. The van der Waals surface area contributed by atoms with Crippen LogP contribution < -0.4 is 5.32 Å². The van der Waals surface area contributed by atoms with Crippen molar-refractivity contribution in [1.82, 2.24) is 5.32 Å². The molecule has 0 aromatic carbocycles. The van der Waals surface area contributed by atoms with Gasteiger partial charge in [-0.3, -0.25) is 0 Å². The smallest absolute Gasteiger partial charge is 0.0810 e. The molecule has 0 radical (unpaired) electrons. The zero-order valence-electron chi connectivity index (χ0n) is 11.6. The van der Waals surface area contributed by atoms with Crippen molar-refractivity contribution < 1.29 is 4.74 Å². The van der Waals surface area contributed by atoms with Crippen LogP contribution in [0.1, 0.15) is 71.6 Å². The number of rotatable bonds is 5. The molecule has 2 fully saturated rings. The second-order valence-electron chi connectivity index (χ2n) is 6.30. The molecule has 100 valence electrons. The Kier molecular flexibility index (Phi) is 4.87. The summed E-state index contributed by atoms with van der Waals surface area (Å²) in [6.45, 7) is 5.52. The molecule has 2 heteroatoms. The number of hydrogen-bond donors (Lipinski definition) is 1. The van der Waals surface area contributed by atoms with Crippen LogP contribution in [-0.2, 0) is 4.74 Å². The van der Waals surface area contributed by atoms with Crippen molar-refractivity contribution in [2.75, 3.05) is 6.54 Å². The third-order valence-corrected chi connectivity index (χ3v) is 4.32. The molecule has 0 amide bonds. The Labute approximate surface area is 107 Å². The van der Waals surface area contributed by atoms with Crippen molar-refractivity contribution >= 4 is 0 Å². The fourth-order valence-electron chi connectivity index (χ4n) is 2.94. The predicted octanol–water partition coefficient (Wildman–Crippen LogP) is 3.65. The summed E-state index contributed by atoms with van der Waals surface area (Å²) in [5.41, 5.74) is 0.159. The van der Waals surface area contributed by atoms with Crippen molar-refractivity contribution in [3.8, 4) is 0 Å². The molecular weight excluding hydrogens is 210 g/mol. The summed E-state index contributed by atoms with van der Waals surface area (Å²) in [5.74, 6) is 0. The van der Waals surface area contributed by atoms with Gasteiger partial charge in [0.1, 0.15) is 0 Å². The molecule has 0 unspecified atom stereocenters. The van der Waals surface area contributed by atoms with Crippen LogP contribution in [0.15, 0.2) is 0 Å². The van der Waals surface area contributed by atoms with Gasteiger partial charge >= 0.3 is 0 Å². The molecular formula is C15H29NO. The second-order valence-corrected chi connectivity index (χ2v) is 6.30. The van der Waals surface area contributed by atoms with Crippen molar-refractivity contribution in [2.45, 2.75) is 89.4 Å². The Morgan fingerprint density at radius 2 is 1.71 bits per heavy atom. The quantitative estimate of drug-likeness (QED) is 0.739. The van der Waals surface area contributed by atoms with E-state index in [0.717, 1.165) is 6.54 Å². The average Bonchev–Trinajstić information content (AvgIpc) is 2.47. The van der Waals surface area contributed by atoms with E-state index in [-0.39, 0.29) is 5.60 Å². The highest BCUT2D eigenvalue weighted by Crippen LogP contribution is 2.35. The molecule has 0 heterocycles. The van der Waals surface area contributed by atoms with Gasteiger partial charge in [-0.1, -0.05) is 39.5 Å². The van der Waals surface area contributed by atoms with Crippen LogP contribution in [0.5, 0.6) is 0 Å². The molecule has 0 aromatic rings. The average molecular weight is 239 g/mol. The van der Waals surface area contributed by atoms with E-state index in [9.17, 15) is 0 Å². The molecule has 2 saturated carbocycles. The van der Waals surface area contributed by atoms with Gasteiger partial charge in [0.25, 0.3) is 0 Å². The molecule has 0 bridgehead atoms. The van der Waals surface area contributed by atoms with E-state index in [4.69, 9.17) is 4.74 Å². The Balaban J connectivity index is 1.92. The SMILES string of the molecule is CC(C)NCC1(OC2CCC2)CCCCCC1. The normalized spacial score (nSPS) is 25.6. The van der Waals surface area contributed by atoms with E-state index in [0.29, 0.717) is 12.1 Å². The minimum absolute atomic E-state index is 0.159. The van der Waals surface area contributed by atoms with Crippen LogP contribution in [0.2, 0.25) is 0 Å². The first-order chi connectivity index (χ1) is 8.20. The van der Waals surface area contributed by atoms with Gasteiger partial charge < -0.3 is 10.1 Å². The maximum Gasteiger partial charge on any atom is 0.0810 e. The first-order valence-electron chi connectivity index (χ1n) is 7.61. The van der Waals surface area contributed by atoms with Gasteiger partial charge in [0.15, 0.2) is 0 Å². The van der Waals surface area contributed by atoms with Crippen molar-refractivity contribution in [1.29, 1.82) is 0 Å². The zero-order chi connectivity index (χ0) is 12.1. The summed E-state index contributed by atoms with van der Waals surface area (Å²) in [6, 6.07) is 0.570. The molecule has 17 heavy (non-hydrogen) atoms. The fourth-order valence-corrected chi connectivity index (χ4v) is 2.94. The highest BCUT2D eigenvalue weighted by atomic mass is 16.5. The van der Waals surface area contributed by atoms with Crippen molar-refractivity contribution in [2.24, 2.45) is 0 Å². The van der Waals surface area contributed by atoms with Gasteiger partial charge in [-0.25, -0.2) is 0 Å². The Morgan fingerprint density at radius 3 is 2.18 bits per heavy atom. The van der Waals surface area contributed by atoms with Gasteiger partial charge in [-0.05, 0) is 32.1 Å². The third-order valence-electron chi connectivity index (χ3n) is 4.32. The lowest BCUT2D eigenvalue weighted by Gasteiger charge is -2.40. The molecule has 1 N–H and O–H groups in total. The summed E-state index contributed by atoms with van der Waals surface area (Å²) < 4.78 is 6.48. The summed E-state index contributed by atoms with van der Waals surface area (Å²) in [4.78, 5) is 0. The summed E-state index contributed by atoms with van der Waals surface area (Å²) in [7, 11) is 0. The molecule has 2 aliphatic rings. The predicted molar refractivity (Wildman–Crippen MR) is 72.3 cm³/mol. The largest absolute Gasteiger partial charge is 0.370 e. The van der Waals surface area contributed by atoms with Gasteiger partial charge in [0, 0.05) is 12.6 Å². The Bertz CT molecular complexity index is 215. The fraction of sp³-hybridized carbons (Fsp3) is 1.00. The highest BCUT2D eigenvalue weighted by Gasteiger charge is 2.36. The first-order valence-corrected chi connectivity index (χ1v) is 7.61. The van der Waals surface area contributed by atoms with Gasteiger partial charge in [0.2, 0.25) is 0 Å². The topological polar surface area (TPSA) is 21.3 Å². The molecule has 2 rings (SSSR count). The van der Waals surface area contributed by atoms with E-state index in [1.165, 1.54) is 57.8 Å². The molecule has 0 atom stereocenters. The van der Waals surface area contributed by atoms with E-state index in [2.05, 4.69) is 19.2 Å². The van der Waals surface area contributed by atoms with E-state index < -0.39 is 0 Å². The van der Waals surface area contributed by atoms with Crippen LogP contribution in [0.4, 0.5) is 0 Å². The minimum Gasteiger partial charge on any atom is -0.370 e. The highest BCUT2D eigenvalue weighted by molar-refractivity contribution is 4.88. The minimum atomic E-state index is 0.159. The maximum absolute atomic E-state index is 6.48. The first kappa shape index (κ1) is 13.4. The lowest BCUT2D eigenvalue weighted by molar-refractivity contribution is -0.128. The molecule has 2 aliphatic carbocycles. The van der Waals surface area contributed by atoms with Gasteiger partial charge in [-0.2, -0.15) is 0 Å². The van der Waals surface area contributed by atoms with E-state index in [1.54, 1.807) is 0 Å². The molecule has 2 nitrogen and oxygen atoms in total. The summed E-state index contributed by atoms with van der Waals surface area (Å²) >= 11 is 0. The molecule has 0 aromatic heterocycles. The van der Waals surface area contributed by atoms with E-state index >= 15 is 0 Å². The van der Waals surface area contributed by atoms with Crippen LogP contribution >= 0.6 is 0 Å². The molecule has 0 spiro atoms. The van der Waals surface area contributed by atoms with Crippen LogP contribution in [0.3, 0.4) is 0 Å². The second kappa shape index (κ2) is 6.19. The molecule has 0 aliphatic heterocycles. The van der Waals surface area contributed by atoms with Crippen LogP contribution in [0, 0.1) is 0 Å². The van der Waals surface area contributed by atoms with Gasteiger partial charge in [0.05, 0.1) is 11.7 Å².